The van der Waals surface area contributed by atoms with Gasteiger partial charge in [-0.15, -0.1) is 0 Å². The average Bonchev–Trinajstić information content (AvgIpc) is 3.18. The first-order valence-electron chi connectivity index (χ1n) is 8.25. The van der Waals surface area contributed by atoms with E-state index in [1.807, 2.05) is 35.0 Å². The lowest BCUT2D eigenvalue weighted by Crippen LogP contribution is -2.33. The molecule has 2 amide bonds. The van der Waals surface area contributed by atoms with Gasteiger partial charge in [0.1, 0.15) is 0 Å². The van der Waals surface area contributed by atoms with Crippen molar-refractivity contribution in [2.75, 3.05) is 24.7 Å². The Morgan fingerprint density at radius 2 is 2.29 bits per heavy atom. The van der Waals surface area contributed by atoms with E-state index in [9.17, 15) is 4.79 Å². The summed E-state index contributed by atoms with van der Waals surface area (Å²) in [5.41, 5.74) is 3.35. The predicted molar refractivity (Wildman–Crippen MR) is 99.3 cm³/mol. The molecule has 1 fully saturated rings. The molecule has 0 bridgehead atoms. The van der Waals surface area contributed by atoms with Gasteiger partial charge in [0.25, 0.3) is 0 Å². The zero-order chi connectivity index (χ0) is 16.9. The standard InChI is InChI=1S/C18H24N4OS/c1-21-11-16(10-19-21)8-14-6-7-22(12-14)18(23)20-17-5-3-4-15(9-17)13-24-2/h3-5,9-11,14H,6-8,12-13H2,1-2H3,(H,20,23)/t14-/m1/s1. The Morgan fingerprint density at radius 1 is 1.42 bits per heavy atom. The Balaban J connectivity index is 1.53. The maximum atomic E-state index is 12.5. The van der Waals surface area contributed by atoms with Crippen molar-refractivity contribution in [1.82, 2.24) is 14.7 Å². The van der Waals surface area contributed by atoms with Crippen molar-refractivity contribution in [2.45, 2.75) is 18.6 Å². The number of hydrogen-bond donors (Lipinski definition) is 1. The van der Waals surface area contributed by atoms with Crippen molar-refractivity contribution in [1.29, 1.82) is 0 Å². The Kier molecular flexibility index (Phi) is 5.45. The first-order valence-corrected chi connectivity index (χ1v) is 9.65. The van der Waals surface area contributed by atoms with Gasteiger partial charge in [0.05, 0.1) is 6.20 Å². The lowest BCUT2D eigenvalue weighted by atomic mass is 10.0. The highest BCUT2D eigenvalue weighted by atomic mass is 32.2. The van der Waals surface area contributed by atoms with Crippen LogP contribution in [0.15, 0.2) is 36.7 Å². The number of nitrogens with one attached hydrogen (secondary N) is 1. The number of anilines is 1. The summed E-state index contributed by atoms with van der Waals surface area (Å²) in [5, 5.41) is 7.25. The normalized spacial score (nSPS) is 17.2. The minimum atomic E-state index is 0.00462. The molecule has 1 aliphatic rings. The number of amides is 2. The number of benzene rings is 1. The van der Waals surface area contributed by atoms with Gasteiger partial charge >= 0.3 is 6.03 Å². The van der Waals surface area contributed by atoms with Crippen LogP contribution >= 0.6 is 11.8 Å². The van der Waals surface area contributed by atoms with Gasteiger partial charge in [0.15, 0.2) is 0 Å². The highest BCUT2D eigenvalue weighted by molar-refractivity contribution is 7.97. The summed E-state index contributed by atoms with van der Waals surface area (Å²) in [7, 11) is 1.93. The maximum absolute atomic E-state index is 12.5. The fourth-order valence-electron chi connectivity index (χ4n) is 3.20. The largest absolute Gasteiger partial charge is 0.324 e. The molecule has 6 heteroatoms. The third kappa shape index (κ3) is 4.32. The molecule has 0 spiro atoms. The second kappa shape index (κ2) is 7.75. The highest BCUT2D eigenvalue weighted by Gasteiger charge is 2.26. The molecule has 128 valence electrons. The van der Waals surface area contributed by atoms with Gasteiger partial charge < -0.3 is 10.2 Å². The molecule has 1 saturated heterocycles. The molecule has 1 N–H and O–H groups in total. The number of aryl methyl sites for hydroxylation is 1. The monoisotopic (exact) mass is 344 g/mol. The number of carbonyl (C=O) groups is 1. The van der Waals surface area contributed by atoms with Gasteiger partial charge in [0.2, 0.25) is 0 Å². The van der Waals surface area contributed by atoms with Crippen LogP contribution in [0.5, 0.6) is 0 Å². The number of likely N-dealkylation sites (tertiary alicyclic amines) is 1. The smallest absolute Gasteiger partial charge is 0.321 e. The van der Waals surface area contributed by atoms with Gasteiger partial charge in [-0.05, 0) is 48.3 Å². The topological polar surface area (TPSA) is 50.2 Å². The molecule has 3 rings (SSSR count). The summed E-state index contributed by atoms with van der Waals surface area (Å²) in [6.07, 6.45) is 8.09. The molecule has 0 saturated carbocycles. The number of carbonyl (C=O) groups excluding carboxylic acids is 1. The molecule has 5 nitrogen and oxygen atoms in total. The fourth-order valence-corrected chi connectivity index (χ4v) is 3.72. The molecule has 0 aliphatic carbocycles. The zero-order valence-electron chi connectivity index (χ0n) is 14.2. The van der Waals surface area contributed by atoms with Crippen LogP contribution in [0.3, 0.4) is 0 Å². The summed E-state index contributed by atoms with van der Waals surface area (Å²) >= 11 is 1.78. The maximum Gasteiger partial charge on any atom is 0.321 e. The number of urea groups is 1. The first kappa shape index (κ1) is 16.9. The molecule has 2 heterocycles. The van der Waals surface area contributed by atoms with Crippen molar-refractivity contribution < 1.29 is 4.79 Å². The molecule has 0 radical (unpaired) electrons. The molecule has 1 aliphatic heterocycles. The van der Waals surface area contributed by atoms with Gasteiger partial charge in [0, 0.05) is 37.8 Å². The minimum absolute atomic E-state index is 0.00462. The van der Waals surface area contributed by atoms with E-state index >= 15 is 0 Å². The van der Waals surface area contributed by atoms with Crippen LogP contribution in [0.4, 0.5) is 10.5 Å². The van der Waals surface area contributed by atoms with Crippen molar-refractivity contribution in [2.24, 2.45) is 13.0 Å². The quantitative estimate of drug-likeness (QED) is 0.905. The van der Waals surface area contributed by atoms with Crippen LogP contribution in [-0.4, -0.2) is 40.1 Å². The van der Waals surface area contributed by atoms with Gasteiger partial charge in [-0.2, -0.15) is 16.9 Å². The van der Waals surface area contributed by atoms with Crippen molar-refractivity contribution >= 4 is 23.5 Å². The van der Waals surface area contributed by atoms with E-state index in [-0.39, 0.29) is 6.03 Å². The fraction of sp³-hybridized carbons (Fsp3) is 0.444. The van der Waals surface area contributed by atoms with E-state index in [4.69, 9.17) is 0 Å². The van der Waals surface area contributed by atoms with Crippen LogP contribution < -0.4 is 5.32 Å². The van der Waals surface area contributed by atoms with Crippen LogP contribution in [0.1, 0.15) is 17.5 Å². The molecule has 1 aromatic carbocycles. The molecular formula is C18H24N4OS. The molecular weight excluding hydrogens is 320 g/mol. The highest BCUT2D eigenvalue weighted by Crippen LogP contribution is 2.22. The summed E-state index contributed by atoms with van der Waals surface area (Å²) in [6.45, 7) is 1.63. The SMILES string of the molecule is CSCc1cccc(NC(=O)N2CC[C@H](Cc3cnn(C)c3)C2)c1. The zero-order valence-corrected chi connectivity index (χ0v) is 15.1. The third-order valence-electron chi connectivity index (χ3n) is 4.35. The second-order valence-corrected chi connectivity index (χ2v) is 7.26. The lowest BCUT2D eigenvalue weighted by molar-refractivity contribution is 0.221. The van der Waals surface area contributed by atoms with E-state index in [1.54, 1.807) is 11.8 Å². The first-order chi connectivity index (χ1) is 11.6. The number of aromatic nitrogens is 2. The van der Waals surface area contributed by atoms with Gasteiger partial charge in [-0.25, -0.2) is 4.79 Å². The minimum Gasteiger partial charge on any atom is -0.324 e. The number of rotatable bonds is 5. The van der Waals surface area contributed by atoms with Gasteiger partial charge in [-0.1, -0.05) is 12.1 Å². The molecule has 1 atom stereocenters. The average molecular weight is 344 g/mol. The van der Waals surface area contributed by atoms with Crippen LogP contribution in [0.2, 0.25) is 0 Å². The van der Waals surface area contributed by atoms with Crippen LogP contribution in [0.25, 0.3) is 0 Å². The Bertz CT molecular complexity index is 700. The third-order valence-corrected chi connectivity index (χ3v) is 4.97. The summed E-state index contributed by atoms with van der Waals surface area (Å²) in [5.74, 6) is 1.48. The molecule has 2 aromatic rings. The number of nitrogens with zero attached hydrogens (tertiary/aromatic N) is 3. The van der Waals surface area contributed by atoms with E-state index in [0.29, 0.717) is 5.92 Å². The molecule has 24 heavy (non-hydrogen) atoms. The van der Waals surface area contributed by atoms with E-state index in [0.717, 1.165) is 37.4 Å². The lowest BCUT2D eigenvalue weighted by Gasteiger charge is -2.17. The Morgan fingerprint density at radius 3 is 3.04 bits per heavy atom. The summed E-state index contributed by atoms with van der Waals surface area (Å²) in [4.78, 5) is 14.4. The Hall–Kier alpha value is -1.95. The summed E-state index contributed by atoms with van der Waals surface area (Å²) in [6, 6.07) is 8.09. The van der Waals surface area contributed by atoms with E-state index in [2.05, 4.69) is 35.0 Å². The second-order valence-electron chi connectivity index (χ2n) is 6.39. The van der Waals surface area contributed by atoms with E-state index in [1.165, 1.54) is 11.1 Å². The van der Waals surface area contributed by atoms with Crippen LogP contribution in [0, 0.1) is 5.92 Å². The van der Waals surface area contributed by atoms with E-state index < -0.39 is 0 Å². The van der Waals surface area contributed by atoms with Crippen LogP contribution in [-0.2, 0) is 19.2 Å². The predicted octanol–water partition coefficient (Wildman–Crippen LogP) is 3.38. The van der Waals surface area contributed by atoms with Crippen molar-refractivity contribution in [3.8, 4) is 0 Å². The molecule has 1 aromatic heterocycles. The van der Waals surface area contributed by atoms with Gasteiger partial charge in [-0.3, -0.25) is 4.68 Å². The van der Waals surface area contributed by atoms with Crippen molar-refractivity contribution in [3.05, 3.63) is 47.8 Å². The van der Waals surface area contributed by atoms with Crippen molar-refractivity contribution in [3.63, 3.8) is 0 Å². The molecule has 0 unspecified atom stereocenters. The number of hydrogen-bond acceptors (Lipinski definition) is 3. The number of thioether (sulfide) groups is 1. The Labute approximate surface area is 147 Å². The summed E-state index contributed by atoms with van der Waals surface area (Å²) < 4.78 is 1.83.